The van der Waals surface area contributed by atoms with E-state index in [1.807, 2.05) is 10.7 Å². The van der Waals surface area contributed by atoms with Gasteiger partial charge in [-0.3, -0.25) is 5.84 Å². The van der Waals surface area contributed by atoms with Gasteiger partial charge < -0.3 is 0 Å². The molecule has 0 fully saturated rings. The molecule has 0 aliphatic heterocycles. The highest BCUT2D eigenvalue weighted by Crippen LogP contribution is 2.26. The second kappa shape index (κ2) is 6.27. The Balaban J connectivity index is 2.41. The zero-order valence-electron chi connectivity index (χ0n) is 11.1. The summed E-state index contributed by atoms with van der Waals surface area (Å²) < 4.78 is 2.95. The molecule has 0 bridgehead atoms. The maximum absolute atomic E-state index is 5.74. The van der Waals surface area contributed by atoms with Crippen molar-refractivity contribution in [2.45, 2.75) is 32.9 Å². The van der Waals surface area contributed by atoms with Crippen LogP contribution in [0, 0.1) is 6.92 Å². The van der Waals surface area contributed by atoms with Crippen molar-refractivity contribution >= 4 is 15.9 Å². The molecule has 0 radical (unpaired) electrons. The Morgan fingerprint density at radius 3 is 2.89 bits per heavy atom. The lowest BCUT2D eigenvalue weighted by Gasteiger charge is -2.19. The van der Waals surface area contributed by atoms with E-state index in [0.717, 1.165) is 28.7 Å². The van der Waals surface area contributed by atoms with Crippen LogP contribution in [0.15, 0.2) is 28.9 Å². The highest BCUT2D eigenvalue weighted by Gasteiger charge is 2.19. The van der Waals surface area contributed by atoms with Crippen molar-refractivity contribution in [3.05, 3.63) is 45.7 Å². The molecule has 0 aliphatic rings. The molecular formula is C13H18BrN5. The maximum atomic E-state index is 5.74. The van der Waals surface area contributed by atoms with Gasteiger partial charge in [-0.15, -0.1) is 5.10 Å². The van der Waals surface area contributed by atoms with Crippen LogP contribution in [0.2, 0.25) is 0 Å². The smallest absolute Gasteiger partial charge is 0.0897 e. The molecule has 3 N–H and O–H groups in total. The van der Waals surface area contributed by atoms with Gasteiger partial charge in [-0.2, -0.15) is 0 Å². The standard InChI is InChI=1S/C13H18BrN5/c1-3-6-19-12(8-16-18-19)13(17-15)11-5-4-10(14)7-9(11)2/h4-5,7-8,13,17H,3,6,15H2,1-2H3. The molecule has 0 spiro atoms. The SMILES string of the molecule is CCCn1nncc1C(NN)c1ccc(Br)cc1C. The molecule has 1 unspecified atom stereocenters. The molecule has 5 nitrogen and oxygen atoms in total. The monoisotopic (exact) mass is 323 g/mol. The number of aromatic nitrogens is 3. The molecular weight excluding hydrogens is 306 g/mol. The molecule has 19 heavy (non-hydrogen) atoms. The van der Waals surface area contributed by atoms with E-state index in [-0.39, 0.29) is 6.04 Å². The molecule has 0 saturated carbocycles. The molecule has 2 rings (SSSR count). The van der Waals surface area contributed by atoms with E-state index in [1.54, 1.807) is 6.20 Å². The van der Waals surface area contributed by atoms with Gasteiger partial charge in [0.15, 0.2) is 0 Å². The quantitative estimate of drug-likeness (QED) is 0.654. The Morgan fingerprint density at radius 2 is 2.26 bits per heavy atom. The number of nitrogens with one attached hydrogen (secondary N) is 1. The Labute approximate surface area is 121 Å². The first-order valence-electron chi connectivity index (χ1n) is 6.28. The number of rotatable bonds is 5. The fourth-order valence-corrected chi connectivity index (χ4v) is 2.65. The Hall–Kier alpha value is -1.24. The fraction of sp³-hybridized carbons (Fsp3) is 0.385. The molecule has 1 heterocycles. The number of nitrogens with zero attached hydrogens (tertiary/aromatic N) is 3. The minimum atomic E-state index is -0.102. The highest BCUT2D eigenvalue weighted by molar-refractivity contribution is 9.10. The topological polar surface area (TPSA) is 68.8 Å². The van der Waals surface area contributed by atoms with E-state index in [1.165, 1.54) is 5.56 Å². The van der Waals surface area contributed by atoms with Crippen LogP contribution in [-0.2, 0) is 6.54 Å². The molecule has 1 aromatic carbocycles. The van der Waals surface area contributed by atoms with Crippen LogP contribution in [0.5, 0.6) is 0 Å². The van der Waals surface area contributed by atoms with E-state index in [2.05, 4.69) is 57.6 Å². The van der Waals surface area contributed by atoms with Gasteiger partial charge in [-0.05, 0) is 36.6 Å². The minimum Gasteiger partial charge on any atom is -0.271 e. The average molecular weight is 324 g/mol. The van der Waals surface area contributed by atoms with E-state index in [4.69, 9.17) is 5.84 Å². The molecule has 102 valence electrons. The van der Waals surface area contributed by atoms with E-state index < -0.39 is 0 Å². The van der Waals surface area contributed by atoms with Gasteiger partial charge >= 0.3 is 0 Å². The molecule has 2 aromatic rings. The van der Waals surface area contributed by atoms with Crippen LogP contribution in [0.1, 0.15) is 36.2 Å². The Kier molecular flexibility index (Phi) is 4.68. The third kappa shape index (κ3) is 3.02. The Bertz CT molecular complexity index is 552. The Morgan fingerprint density at radius 1 is 1.47 bits per heavy atom. The summed E-state index contributed by atoms with van der Waals surface area (Å²) in [5, 5.41) is 8.10. The normalized spacial score (nSPS) is 12.6. The van der Waals surface area contributed by atoms with Crippen molar-refractivity contribution in [1.29, 1.82) is 0 Å². The number of halogens is 1. The first-order chi connectivity index (χ1) is 9.17. The number of benzene rings is 1. The molecule has 0 saturated heterocycles. The number of aryl methyl sites for hydroxylation is 2. The van der Waals surface area contributed by atoms with E-state index in [0.29, 0.717) is 0 Å². The lowest BCUT2D eigenvalue weighted by atomic mass is 9.99. The van der Waals surface area contributed by atoms with Gasteiger partial charge in [0.1, 0.15) is 0 Å². The van der Waals surface area contributed by atoms with Crippen LogP contribution >= 0.6 is 15.9 Å². The van der Waals surface area contributed by atoms with Crippen LogP contribution in [-0.4, -0.2) is 15.0 Å². The van der Waals surface area contributed by atoms with Crippen LogP contribution in [0.4, 0.5) is 0 Å². The van der Waals surface area contributed by atoms with Crippen LogP contribution < -0.4 is 11.3 Å². The van der Waals surface area contributed by atoms with Gasteiger partial charge in [0.05, 0.1) is 17.9 Å². The predicted molar refractivity (Wildman–Crippen MR) is 78.4 cm³/mol. The number of hydrogen-bond donors (Lipinski definition) is 2. The number of hydrogen-bond acceptors (Lipinski definition) is 4. The van der Waals surface area contributed by atoms with Gasteiger partial charge in [-0.25, -0.2) is 10.1 Å². The van der Waals surface area contributed by atoms with E-state index >= 15 is 0 Å². The highest BCUT2D eigenvalue weighted by atomic mass is 79.9. The predicted octanol–water partition coefficient (Wildman–Crippen LogP) is 2.31. The fourth-order valence-electron chi connectivity index (χ4n) is 2.17. The van der Waals surface area contributed by atoms with E-state index in [9.17, 15) is 0 Å². The zero-order chi connectivity index (χ0) is 13.8. The lowest BCUT2D eigenvalue weighted by molar-refractivity contribution is 0.511. The van der Waals surface area contributed by atoms with Gasteiger partial charge in [-0.1, -0.05) is 34.1 Å². The maximum Gasteiger partial charge on any atom is 0.0897 e. The lowest BCUT2D eigenvalue weighted by Crippen LogP contribution is -2.31. The average Bonchev–Trinajstić information content (AvgIpc) is 2.82. The summed E-state index contributed by atoms with van der Waals surface area (Å²) in [6, 6.07) is 6.05. The summed E-state index contributed by atoms with van der Waals surface area (Å²) in [6.45, 7) is 5.02. The van der Waals surface area contributed by atoms with Crippen LogP contribution in [0.3, 0.4) is 0 Å². The number of nitrogens with two attached hydrogens (primary N) is 1. The third-order valence-electron chi connectivity index (χ3n) is 3.09. The zero-order valence-corrected chi connectivity index (χ0v) is 12.7. The summed E-state index contributed by atoms with van der Waals surface area (Å²) in [6.07, 6.45) is 2.77. The molecule has 0 amide bonds. The second-order valence-corrected chi connectivity index (χ2v) is 5.40. The summed E-state index contributed by atoms with van der Waals surface area (Å²) in [4.78, 5) is 0. The van der Waals surface area contributed by atoms with Crippen molar-refractivity contribution in [2.24, 2.45) is 5.84 Å². The first kappa shape index (κ1) is 14.2. The molecule has 0 aliphatic carbocycles. The van der Waals surface area contributed by atoms with Crippen molar-refractivity contribution in [1.82, 2.24) is 20.4 Å². The third-order valence-corrected chi connectivity index (χ3v) is 3.58. The molecule has 1 aromatic heterocycles. The van der Waals surface area contributed by atoms with Gasteiger partial charge in [0.2, 0.25) is 0 Å². The van der Waals surface area contributed by atoms with Gasteiger partial charge in [0.25, 0.3) is 0 Å². The van der Waals surface area contributed by atoms with Crippen molar-refractivity contribution in [3.8, 4) is 0 Å². The number of hydrazine groups is 1. The van der Waals surface area contributed by atoms with Crippen molar-refractivity contribution in [3.63, 3.8) is 0 Å². The summed E-state index contributed by atoms with van der Waals surface area (Å²) >= 11 is 3.47. The molecule has 6 heteroatoms. The largest absolute Gasteiger partial charge is 0.271 e. The second-order valence-electron chi connectivity index (χ2n) is 4.48. The van der Waals surface area contributed by atoms with Gasteiger partial charge in [0, 0.05) is 11.0 Å². The van der Waals surface area contributed by atoms with Crippen LogP contribution in [0.25, 0.3) is 0 Å². The van der Waals surface area contributed by atoms with Crippen molar-refractivity contribution < 1.29 is 0 Å². The summed E-state index contributed by atoms with van der Waals surface area (Å²) in [5.74, 6) is 5.74. The summed E-state index contributed by atoms with van der Waals surface area (Å²) in [5.41, 5.74) is 6.14. The summed E-state index contributed by atoms with van der Waals surface area (Å²) in [7, 11) is 0. The minimum absolute atomic E-state index is 0.102. The molecule has 1 atom stereocenters. The van der Waals surface area contributed by atoms with Crippen molar-refractivity contribution in [2.75, 3.05) is 0 Å². The first-order valence-corrected chi connectivity index (χ1v) is 7.07.